The van der Waals surface area contributed by atoms with Crippen molar-refractivity contribution in [3.8, 4) is 0 Å². The quantitative estimate of drug-likeness (QED) is 0.740. The van der Waals surface area contributed by atoms with Gasteiger partial charge in [0.15, 0.2) is 0 Å². The van der Waals surface area contributed by atoms with Crippen LogP contribution in [0.15, 0.2) is 53.0 Å². The molecule has 3 rings (SSSR count). The zero-order valence-corrected chi connectivity index (χ0v) is 12.9. The number of halogens is 2. The summed E-state index contributed by atoms with van der Waals surface area (Å²) in [5.41, 5.74) is 2.50. The molecule has 0 saturated heterocycles. The van der Waals surface area contributed by atoms with Gasteiger partial charge in [-0.05, 0) is 46.6 Å². The Labute approximate surface area is 130 Å². The van der Waals surface area contributed by atoms with Crippen LogP contribution in [0.4, 0.5) is 4.39 Å². The Balaban J connectivity index is 2.22. The van der Waals surface area contributed by atoms with Crippen molar-refractivity contribution < 1.29 is 9.50 Å². The van der Waals surface area contributed by atoms with Gasteiger partial charge in [-0.3, -0.25) is 4.98 Å². The van der Waals surface area contributed by atoms with Gasteiger partial charge in [0.05, 0.1) is 9.99 Å². The second kappa shape index (κ2) is 5.54. The van der Waals surface area contributed by atoms with E-state index in [4.69, 9.17) is 0 Å². The van der Waals surface area contributed by atoms with Gasteiger partial charge in [0.1, 0.15) is 11.9 Å². The summed E-state index contributed by atoms with van der Waals surface area (Å²) in [6, 6.07) is 14.3. The minimum Gasteiger partial charge on any atom is -0.384 e. The van der Waals surface area contributed by atoms with Crippen LogP contribution in [-0.2, 0) is 0 Å². The van der Waals surface area contributed by atoms with Gasteiger partial charge >= 0.3 is 0 Å². The number of hydrogen-bond donors (Lipinski definition) is 1. The van der Waals surface area contributed by atoms with Crippen LogP contribution >= 0.6 is 15.9 Å². The van der Waals surface area contributed by atoms with Crippen LogP contribution in [0.5, 0.6) is 0 Å². The Morgan fingerprint density at radius 1 is 1.10 bits per heavy atom. The fourth-order valence-electron chi connectivity index (χ4n) is 2.47. The third kappa shape index (κ3) is 2.57. The van der Waals surface area contributed by atoms with E-state index < -0.39 is 11.9 Å². The fraction of sp³-hybridized carbons (Fsp3) is 0.118. The fourth-order valence-corrected chi connectivity index (χ4v) is 2.85. The van der Waals surface area contributed by atoms with E-state index in [0.29, 0.717) is 10.0 Å². The van der Waals surface area contributed by atoms with Gasteiger partial charge in [0.2, 0.25) is 0 Å². The molecule has 0 amide bonds. The van der Waals surface area contributed by atoms with Crippen LogP contribution < -0.4 is 0 Å². The third-order valence-electron chi connectivity index (χ3n) is 3.45. The Bertz CT molecular complexity index is 819. The van der Waals surface area contributed by atoms with Crippen molar-refractivity contribution in [2.75, 3.05) is 0 Å². The van der Waals surface area contributed by atoms with Crippen molar-refractivity contribution in [3.63, 3.8) is 0 Å². The standard InChI is InChI=1S/C17H13BrFNO/c1-10-9-13(11-5-2-3-8-15(11)20-10)17(21)12-6-4-7-14(18)16(12)19/h2-9,17,21H,1H3. The van der Waals surface area contributed by atoms with E-state index in [1.165, 1.54) is 0 Å². The summed E-state index contributed by atoms with van der Waals surface area (Å²) >= 11 is 3.15. The van der Waals surface area contributed by atoms with Gasteiger partial charge in [-0.2, -0.15) is 0 Å². The number of pyridine rings is 1. The highest BCUT2D eigenvalue weighted by molar-refractivity contribution is 9.10. The van der Waals surface area contributed by atoms with Crippen LogP contribution in [-0.4, -0.2) is 10.1 Å². The smallest absolute Gasteiger partial charge is 0.143 e. The topological polar surface area (TPSA) is 33.1 Å². The van der Waals surface area contributed by atoms with Crippen molar-refractivity contribution in [1.29, 1.82) is 0 Å². The molecule has 0 aliphatic rings. The van der Waals surface area contributed by atoms with Gasteiger partial charge in [-0.25, -0.2) is 4.39 Å². The Morgan fingerprint density at radius 2 is 1.86 bits per heavy atom. The average Bonchev–Trinajstić information content (AvgIpc) is 2.48. The number of hydrogen-bond acceptors (Lipinski definition) is 2. The zero-order valence-electron chi connectivity index (χ0n) is 11.3. The van der Waals surface area contributed by atoms with E-state index in [9.17, 15) is 9.50 Å². The van der Waals surface area contributed by atoms with E-state index >= 15 is 0 Å². The van der Waals surface area contributed by atoms with Gasteiger partial charge in [0, 0.05) is 16.6 Å². The minimum absolute atomic E-state index is 0.250. The highest BCUT2D eigenvalue weighted by atomic mass is 79.9. The number of aliphatic hydroxyl groups excluding tert-OH is 1. The molecule has 0 saturated carbocycles. The molecule has 1 aromatic heterocycles. The number of benzene rings is 2. The number of aliphatic hydroxyl groups is 1. The summed E-state index contributed by atoms with van der Waals surface area (Å²) in [5, 5.41) is 11.5. The van der Waals surface area contributed by atoms with E-state index in [1.54, 1.807) is 24.3 Å². The largest absolute Gasteiger partial charge is 0.384 e. The maximum atomic E-state index is 14.2. The third-order valence-corrected chi connectivity index (χ3v) is 4.06. The van der Waals surface area contributed by atoms with Crippen LogP contribution in [0.3, 0.4) is 0 Å². The highest BCUT2D eigenvalue weighted by Crippen LogP contribution is 2.32. The van der Waals surface area contributed by atoms with Crippen molar-refractivity contribution in [2.24, 2.45) is 0 Å². The molecule has 0 fully saturated rings. The molecular weight excluding hydrogens is 333 g/mol. The molecular formula is C17H13BrFNO. The van der Waals surface area contributed by atoms with Gasteiger partial charge in [-0.15, -0.1) is 0 Å². The number of fused-ring (bicyclic) bond motifs is 1. The number of rotatable bonds is 2. The summed E-state index contributed by atoms with van der Waals surface area (Å²) in [6.45, 7) is 1.86. The van der Waals surface area contributed by atoms with E-state index in [1.807, 2.05) is 31.2 Å². The molecule has 4 heteroatoms. The summed E-state index contributed by atoms with van der Waals surface area (Å²) in [7, 11) is 0. The molecule has 2 nitrogen and oxygen atoms in total. The SMILES string of the molecule is Cc1cc(C(O)c2cccc(Br)c2F)c2ccccc2n1. The van der Waals surface area contributed by atoms with Gasteiger partial charge in [0.25, 0.3) is 0 Å². The zero-order chi connectivity index (χ0) is 15.0. The predicted octanol–water partition coefficient (Wildman–Crippen LogP) is 4.53. The molecule has 1 unspecified atom stereocenters. The molecule has 0 radical (unpaired) electrons. The first-order valence-corrected chi connectivity index (χ1v) is 7.35. The Hall–Kier alpha value is -1.78. The minimum atomic E-state index is -1.03. The lowest BCUT2D eigenvalue weighted by atomic mass is 9.97. The summed E-state index contributed by atoms with van der Waals surface area (Å²) in [6.07, 6.45) is -1.03. The van der Waals surface area contributed by atoms with Crippen molar-refractivity contribution >= 4 is 26.8 Å². The molecule has 21 heavy (non-hydrogen) atoms. The molecule has 0 bridgehead atoms. The number of para-hydroxylation sites is 1. The van der Waals surface area contributed by atoms with Crippen LogP contribution in [0.2, 0.25) is 0 Å². The molecule has 3 aromatic rings. The second-order valence-corrected chi connectivity index (χ2v) is 5.77. The van der Waals surface area contributed by atoms with Crippen molar-refractivity contribution in [3.05, 3.63) is 75.6 Å². The number of aryl methyl sites for hydroxylation is 1. The van der Waals surface area contributed by atoms with Gasteiger partial charge in [-0.1, -0.05) is 30.3 Å². The first-order chi connectivity index (χ1) is 10.1. The second-order valence-electron chi connectivity index (χ2n) is 4.92. The van der Waals surface area contributed by atoms with Crippen LogP contribution in [0, 0.1) is 12.7 Å². The Kier molecular flexibility index (Phi) is 3.74. The summed E-state index contributed by atoms with van der Waals surface area (Å²) in [4.78, 5) is 4.44. The molecule has 0 spiro atoms. The Morgan fingerprint density at radius 3 is 2.67 bits per heavy atom. The molecule has 0 aliphatic heterocycles. The van der Waals surface area contributed by atoms with Crippen molar-refractivity contribution in [1.82, 2.24) is 4.98 Å². The molecule has 2 aromatic carbocycles. The first kappa shape index (κ1) is 14.2. The average molecular weight is 346 g/mol. The van der Waals surface area contributed by atoms with E-state index in [0.717, 1.165) is 16.6 Å². The highest BCUT2D eigenvalue weighted by Gasteiger charge is 2.19. The predicted molar refractivity (Wildman–Crippen MR) is 84.6 cm³/mol. The van der Waals surface area contributed by atoms with Gasteiger partial charge < -0.3 is 5.11 Å². The molecule has 1 heterocycles. The van der Waals surface area contributed by atoms with Crippen LogP contribution in [0.25, 0.3) is 10.9 Å². The lowest BCUT2D eigenvalue weighted by Crippen LogP contribution is -2.05. The monoisotopic (exact) mass is 345 g/mol. The lowest BCUT2D eigenvalue weighted by Gasteiger charge is -2.16. The van der Waals surface area contributed by atoms with E-state index in [2.05, 4.69) is 20.9 Å². The molecule has 1 atom stereocenters. The number of aromatic nitrogens is 1. The molecule has 0 aliphatic carbocycles. The molecule has 106 valence electrons. The normalized spacial score (nSPS) is 12.6. The summed E-state index contributed by atoms with van der Waals surface area (Å²) < 4.78 is 14.6. The lowest BCUT2D eigenvalue weighted by molar-refractivity contribution is 0.216. The van der Waals surface area contributed by atoms with Crippen molar-refractivity contribution in [2.45, 2.75) is 13.0 Å². The molecule has 1 N–H and O–H groups in total. The van der Waals surface area contributed by atoms with Crippen LogP contribution in [0.1, 0.15) is 22.9 Å². The number of nitrogens with zero attached hydrogens (tertiary/aromatic N) is 1. The maximum absolute atomic E-state index is 14.2. The van der Waals surface area contributed by atoms with E-state index in [-0.39, 0.29) is 5.56 Å². The maximum Gasteiger partial charge on any atom is 0.143 e. The summed E-state index contributed by atoms with van der Waals surface area (Å²) in [5.74, 6) is -0.441. The first-order valence-electron chi connectivity index (χ1n) is 6.56.